The lowest BCUT2D eigenvalue weighted by molar-refractivity contribution is 0.0527. The number of ether oxygens (including phenoxy) is 3. The van der Waals surface area contributed by atoms with E-state index in [1.807, 2.05) is 23.6 Å². The van der Waals surface area contributed by atoms with Crippen molar-refractivity contribution in [3.63, 3.8) is 0 Å². The van der Waals surface area contributed by atoms with E-state index < -0.39 is 11.9 Å². The Morgan fingerprint density at radius 1 is 0.970 bits per heavy atom. The molecule has 4 aromatic rings. The van der Waals surface area contributed by atoms with Crippen molar-refractivity contribution < 1.29 is 23.8 Å². The molecule has 0 aliphatic rings. The molecule has 0 saturated carbocycles. The van der Waals surface area contributed by atoms with Crippen molar-refractivity contribution in [1.82, 2.24) is 4.57 Å². The van der Waals surface area contributed by atoms with Gasteiger partial charge in [0.25, 0.3) is 0 Å². The molecule has 0 amide bonds. The third-order valence-corrected chi connectivity index (χ3v) is 5.56. The lowest BCUT2D eigenvalue weighted by Crippen LogP contribution is -2.08. The molecule has 1 heterocycles. The first-order valence-corrected chi connectivity index (χ1v) is 10.8. The Morgan fingerprint density at radius 3 is 2.39 bits per heavy atom. The second-order valence-corrected chi connectivity index (χ2v) is 7.68. The monoisotopic (exact) mass is 463 g/mol. The minimum absolute atomic E-state index is 0.238. The Morgan fingerprint density at radius 2 is 1.73 bits per heavy atom. The van der Waals surface area contributed by atoms with E-state index in [4.69, 9.17) is 25.8 Å². The number of fused-ring (bicyclic) bond motifs is 1. The smallest absolute Gasteiger partial charge is 0.343 e. The maximum atomic E-state index is 12.9. The van der Waals surface area contributed by atoms with Gasteiger partial charge in [0.15, 0.2) is 0 Å². The van der Waals surface area contributed by atoms with Crippen molar-refractivity contribution >= 4 is 34.4 Å². The molecule has 0 aliphatic carbocycles. The molecule has 6 nitrogen and oxygen atoms in total. The van der Waals surface area contributed by atoms with Crippen molar-refractivity contribution in [2.75, 3.05) is 13.7 Å². The third kappa shape index (κ3) is 4.30. The van der Waals surface area contributed by atoms with Gasteiger partial charge in [0.1, 0.15) is 11.5 Å². The average molecular weight is 464 g/mol. The minimum atomic E-state index is -0.481. The molecular formula is C26H22ClNO5. The molecule has 7 heteroatoms. The van der Waals surface area contributed by atoms with Crippen LogP contribution in [0.2, 0.25) is 5.02 Å². The Balaban J connectivity index is 1.84. The van der Waals surface area contributed by atoms with Crippen molar-refractivity contribution in [2.45, 2.75) is 13.8 Å². The maximum absolute atomic E-state index is 12.9. The van der Waals surface area contributed by atoms with Crippen LogP contribution in [0.15, 0.2) is 66.7 Å². The van der Waals surface area contributed by atoms with Gasteiger partial charge in [0.05, 0.1) is 35.4 Å². The van der Waals surface area contributed by atoms with E-state index in [1.54, 1.807) is 68.6 Å². The zero-order chi connectivity index (χ0) is 23.5. The molecule has 1 aromatic heterocycles. The highest BCUT2D eigenvalue weighted by molar-refractivity contribution is 6.32. The number of hydrogen-bond donors (Lipinski definition) is 0. The highest BCUT2D eigenvalue weighted by Crippen LogP contribution is 2.35. The van der Waals surface area contributed by atoms with Gasteiger partial charge >= 0.3 is 11.9 Å². The molecule has 0 aliphatic heterocycles. The predicted octanol–water partition coefficient (Wildman–Crippen LogP) is 6.00. The van der Waals surface area contributed by atoms with Crippen molar-refractivity contribution in [2.24, 2.45) is 0 Å². The molecule has 4 rings (SSSR count). The number of esters is 2. The van der Waals surface area contributed by atoms with E-state index in [9.17, 15) is 9.59 Å². The number of rotatable bonds is 6. The summed E-state index contributed by atoms with van der Waals surface area (Å²) >= 11 is 6.36. The minimum Gasteiger partial charge on any atom is -0.495 e. The van der Waals surface area contributed by atoms with Crippen LogP contribution in [-0.4, -0.2) is 30.2 Å². The van der Waals surface area contributed by atoms with Crippen molar-refractivity contribution in [1.29, 1.82) is 0 Å². The summed E-state index contributed by atoms with van der Waals surface area (Å²) in [5.41, 5.74) is 3.02. The first-order valence-electron chi connectivity index (χ1n) is 10.4. The van der Waals surface area contributed by atoms with Gasteiger partial charge in [-0.15, -0.1) is 0 Å². The summed E-state index contributed by atoms with van der Waals surface area (Å²) in [5.74, 6) is -0.0577. The summed E-state index contributed by atoms with van der Waals surface area (Å²) in [6.45, 7) is 3.82. The fourth-order valence-corrected chi connectivity index (χ4v) is 4.04. The van der Waals surface area contributed by atoms with Gasteiger partial charge in [-0.3, -0.25) is 0 Å². The Kier molecular flexibility index (Phi) is 6.38. The summed E-state index contributed by atoms with van der Waals surface area (Å²) in [4.78, 5) is 25.4. The summed E-state index contributed by atoms with van der Waals surface area (Å²) in [6.07, 6.45) is 0. The molecule has 0 bridgehead atoms. The second kappa shape index (κ2) is 9.38. The zero-order valence-electron chi connectivity index (χ0n) is 18.4. The number of carbonyl (C=O) groups is 2. The van der Waals surface area contributed by atoms with Crippen molar-refractivity contribution in [3.05, 3.63) is 88.6 Å². The molecule has 0 atom stereocenters. The van der Waals surface area contributed by atoms with E-state index in [-0.39, 0.29) is 6.61 Å². The fraction of sp³-hybridized carbons (Fsp3) is 0.154. The van der Waals surface area contributed by atoms with Crippen LogP contribution in [-0.2, 0) is 4.74 Å². The standard InChI is InChI=1S/C26H22ClNO5/c1-4-32-26(30)24-16(2)28(18-10-13-23(31-3)21(27)14-18)22-12-11-19(15-20(22)24)33-25(29)17-8-6-5-7-9-17/h5-15H,4H2,1-3H3. The van der Waals surface area contributed by atoms with Crippen molar-refractivity contribution in [3.8, 4) is 17.2 Å². The van der Waals surface area contributed by atoms with Crippen LogP contribution in [0.25, 0.3) is 16.6 Å². The second-order valence-electron chi connectivity index (χ2n) is 7.27. The Labute approximate surface area is 196 Å². The van der Waals surface area contributed by atoms with E-state index >= 15 is 0 Å². The molecule has 0 saturated heterocycles. The maximum Gasteiger partial charge on any atom is 0.343 e. The molecular weight excluding hydrogens is 442 g/mol. The largest absolute Gasteiger partial charge is 0.495 e. The molecule has 33 heavy (non-hydrogen) atoms. The van der Waals surface area contributed by atoms with Crippen LogP contribution >= 0.6 is 11.6 Å². The summed E-state index contributed by atoms with van der Waals surface area (Å²) in [7, 11) is 1.55. The van der Waals surface area contributed by atoms with E-state index in [0.717, 1.165) is 11.2 Å². The molecule has 0 fully saturated rings. The molecule has 0 spiro atoms. The molecule has 168 valence electrons. The van der Waals surface area contributed by atoms with Gasteiger partial charge in [0.2, 0.25) is 0 Å². The summed E-state index contributed by atoms with van der Waals surface area (Å²) < 4.78 is 18.0. The highest BCUT2D eigenvalue weighted by Gasteiger charge is 2.23. The number of methoxy groups -OCH3 is 1. The first-order chi connectivity index (χ1) is 15.9. The van der Waals surface area contributed by atoms with Crippen LogP contribution in [0.4, 0.5) is 0 Å². The third-order valence-electron chi connectivity index (χ3n) is 5.27. The lowest BCUT2D eigenvalue weighted by Gasteiger charge is -2.11. The van der Waals surface area contributed by atoms with Crippen LogP contribution in [0.5, 0.6) is 11.5 Å². The summed E-state index contributed by atoms with van der Waals surface area (Å²) in [6, 6.07) is 19.3. The van der Waals surface area contributed by atoms with Crippen LogP contribution in [0, 0.1) is 6.92 Å². The van der Waals surface area contributed by atoms with Gasteiger partial charge in [-0.05, 0) is 62.4 Å². The SMILES string of the molecule is CCOC(=O)c1c(C)n(-c2ccc(OC)c(Cl)c2)c2ccc(OC(=O)c3ccccc3)cc12. The van der Waals surface area contributed by atoms with E-state index in [1.165, 1.54) is 0 Å². The zero-order valence-corrected chi connectivity index (χ0v) is 19.2. The van der Waals surface area contributed by atoms with Gasteiger partial charge in [-0.1, -0.05) is 29.8 Å². The number of halogens is 1. The average Bonchev–Trinajstić information content (AvgIpc) is 3.10. The van der Waals surface area contributed by atoms with Crippen LogP contribution < -0.4 is 9.47 Å². The number of hydrogen-bond acceptors (Lipinski definition) is 5. The molecule has 3 aromatic carbocycles. The van der Waals surface area contributed by atoms with E-state index in [0.29, 0.717) is 38.7 Å². The number of aromatic nitrogens is 1. The summed E-state index contributed by atoms with van der Waals surface area (Å²) in [5, 5.41) is 1.05. The highest BCUT2D eigenvalue weighted by atomic mass is 35.5. The van der Waals surface area contributed by atoms with Gasteiger partial charge in [0, 0.05) is 16.8 Å². The number of benzene rings is 3. The van der Waals surface area contributed by atoms with Crippen LogP contribution in [0.1, 0.15) is 33.3 Å². The van der Waals surface area contributed by atoms with Crippen LogP contribution in [0.3, 0.4) is 0 Å². The quantitative estimate of drug-likeness (QED) is 0.259. The van der Waals surface area contributed by atoms with E-state index in [2.05, 4.69) is 0 Å². The normalized spacial score (nSPS) is 10.8. The van der Waals surface area contributed by atoms with Gasteiger partial charge < -0.3 is 18.8 Å². The topological polar surface area (TPSA) is 66.8 Å². The Hall–Kier alpha value is -3.77. The Bertz CT molecular complexity index is 1340. The fourth-order valence-electron chi connectivity index (χ4n) is 3.79. The molecule has 0 N–H and O–H groups in total. The molecule has 0 radical (unpaired) electrons. The number of carbonyl (C=O) groups excluding carboxylic acids is 2. The van der Waals surface area contributed by atoms with Gasteiger partial charge in [-0.2, -0.15) is 0 Å². The molecule has 0 unspecified atom stereocenters. The first kappa shape index (κ1) is 22.4. The van der Waals surface area contributed by atoms with Gasteiger partial charge in [-0.25, -0.2) is 9.59 Å². The predicted molar refractivity (Wildman–Crippen MR) is 127 cm³/mol. The number of nitrogens with zero attached hydrogens (tertiary/aromatic N) is 1. The lowest BCUT2D eigenvalue weighted by atomic mass is 10.1.